The van der Waals surface area contributed by atoms with Gasteiger partial charge in [-0.25, -0.2) is 4.39 Å². The summed E-state index contributed by atoms with van der Waals surface area (Å²) >= 11 is 0. The first-order chi connectivity index (χ1) is 9.83. The number of hydrogen-bond acceptors (Lipinski definition) is 3. The minimum absolute atomic E-state index is 0.130. The van der Waals surface area contributed by atoms with Crippen LogP contribution < -0.4 is 4.90 Å². The van der Waals surface area contributed by atoms with Crippen molar-refractivity contribution >= 4 is 5.69 Å². The van der Waals surface area contributed by atoms with Gasteiger partial charge in [-0.1, -0.05) is 12.1 Å². The Hall–Kier alpha value is -1.94. The summed E-state index contributed by atoms with van der Waals surface area (Å²) in [6, 6.07) is 11.1. The molecule has 1 aliphatic rings. The standard InChI is InChI=1S/C16H18FN3/c17-15-3-1-2-4-16(15)20-11-9-19(10-12-20)13-14-5-7-18-8-6-14/h1-8H,9-13H2. The Kier molecular flexibility index (Phi) is 3.92. The third-order valence-electron chi connectivity index (χ3n) is 3.72. The first-order valence-corrected chi connectivity index (χ1v) is 6.94. The van der Waals surface area contributed by atoms with Crippen molar-refractivity contribution in [2.45, 2.75) is 6.54 Å². The van der Waals surface area contributed by atoms with Gasteiger partial charge in [-0.15, -0.1) is 0 Å². The number of pyridine rings is 1. The molecule has 0 atom stereocenters. The number of benzene rings is 1. The summed E-state index contributed by atoms with van der Waals surface area (Å²) in [5, 5.41) is 0. The van der Waals surface area contributed by atoms with Crippen molar-refractivity contribution < 1.29 is 4.39 Å². The lowest BCUT2D eigenvalue weighted by atomic mass is 10.2. The summed E-state index contributed by atoms with van der Waals surface area (Å²) in [5.74, 6) is -0.130. The molecule has 2 heterocycles. The van der Waals surface area contributed by atoms with E-state index in [0.29, 0.717) is 0 Å². The van der Waals surface area contributed by atoms with E-state index < -0.39 is 0 Å². The van der Waals surface area contributed by atoms with E-state index in [-0.39, 0.29) is 5.82 Å². The molecule has 0 unspecified atom stereocenters. The highest BCUT2D eigenvalue weighted by atomic mass is 19.1. The molecule has 1 aliphatic heterocycles. The second kappa shape index (κ2) is 6.01. The Labute approximate surface area is 118 Å². The zero-order valence-corrected chi connectivity index (χ0v) is 11.4. The van der Waals surface area contributed by atoms with Crippen LogP contribution in [0.25, 0.3) is 0 Å². The van der Waals surface area contributed by atoms with E-state index in [0.717, 1.165) is 38.4 Å². The zero-order chi connectivity index (χ0) is 13.8. The van der Waals surface area contributed by atoms with Gasteiger partial charge in [-0.05, 0) is 29.8 Å². The molecule has 0 saturated carbocycles. The van der Waals surface area contributed by atoms with Crippen molar-refractivity contribution in [2.75, 3.05) is 31.1 Å². The molecule has 104 valence electrons. The average molecular weight is 271 g/mol. The van der Waals surface area contributed by atoms with Crippen molar-refractivity contribution in [3.05, 3.63) is 60.2 Å². The highest BCUT2D eigenvalue weighted by Gasteiger charge is 2.19. The molecule has 0 aliphatic carbocycles. The summed E-state index contributed by atoms with van der Waals surface area (Å²) in [4.78, 5) is 8.55. The van der Waals surface area contributed by atoms with Crippen molar-refractivity contribution in [3.63, 3.8) is 0 Å². The van der Waals surface area contributed by atoms with E-state index in [1.54, 1.807) is 6.07 Å². The first-order valence-electron chi connectivity index (χ1n) is 6.94. The molecule has 4 heteroatoms. The quantitative estimate of drug-likeness (QED) is 0.855. The van der Waals surface area contributed by atoms with Gasteiger partial charge in [0.25, 0.3) is 0 Å². The minimum Gasteiger partial charge on any atom is -0.367 e. The smallest absolute Gasteiger partial charge is 0.146 e. The van der Waals surface area contributed by atoms with Gasteiger partial charge in [0.05, 0.1) is 5.69 Å². The number of piperazine rings is 1. The van der Waals surface area contributed by atoms with Gasteiger partial charge in [0.1, 0.15) is 5.82 Å². The predicted molar refractivity (Wildman–Crippen MR) is 78.1 cm³/mol. The second-order valence-corrected chi connectivity index (χ2v) is 5.07. The summed E-state index contributed by atoms with van der Waals surface area (Å²) in [5.41, 5.74) is 2.00. The predicted octanol–water partition coefficient (Wildman–Crippen LogP) is 2.54. The van der Waals surface area contributed by atoms with Crippen LogP contribution >= 0.6 is 0 Å². The lowest BCUT2D eigenvalue weighted by molar-refractivity contribution is 0.249. The fourth-order valence-corrected chi connectivity index (χ4v) is 2.60. The summed E-state index contributed by atoms with van der Waals surface area (Å²) in [7, 11) is 0. The number of halogens is 1. The van der Waals surface area contributed by atoms with Crippen LogP contribution in [-0.4, -0.2) is 36.1 Å². The number of rotatable bonds is 3. The number of aromatic nitrogens is 1. The Morgan fingerprint density at radius 2 is 1.65 bits per heavy atom. The number of nitrogens with zero attached hydrogens (tertiary/aromatic N) is 3. The lowest BCUT2D eigenvalue weighted by Crippen LogP contribution is -2.46. The van der Waals surface area contributed by atoms with Crippen LogP contribution in [-0.2, 0) is 6.54 Å². The van der Waals surface area contributed by atoms with Gasteiger partial charge >= 0.3 is 0 Å². The fourth-order valence-electron chi connectivity index (χ4n) is 2.60. The van der Waals surface area contributed by atoms with Crippen molar-refractivity contribution in [2.24, 2.45) is 0 Å². The van der Waals surface area contributed by atoms with Crippen LogP contribution in [0.1, 0.15) is 5.56 Å². The Bertz CT molecular complexity index is 551. The largest absolute Gasteiger partial charge is 0.367 e. The van der Waals surface area contributed by atoms with E-state index in [1.165, 1.54) is 11.6 Å². The second-order valence-electron chi connectivity index (χ2n) is 5.07. The zero-order valence-electron chi connectivity index (χ0n) is 11.4. The third kappa shape index (κ3) is 2.96. The molecule has 2 aromatic rings. The highest BCUT2D eigenvalue weighted by Crippen LogP contribution is 2.20. The lowest BCUT2D eigenvalue weighted by Gasteiger charge is -2.36. The number of hydrogen-bond donors (Lipinski definition) is 0. The van der Waals surface area contributed by atoms with Gasteiger partial charge in [0.15, 0.2) is 0 Å². The molecule has 0 N–H and O–H groups in total. The van der Waals surface area contributed by atoms with Crippen LogP contribution in [0, 0.1) is 5.82 Å². The van der Waals surface area contributed by atoms with Crippen molar-refractivity contribution in [3.8, 4) is 0 Å². The highest BCUT2D eigenvalue weighted by molar-refractivity contribution is 5.48. The molecular formula is C16H18FN3. The monoisotopic (exact) mass is 271 g/mol. The molecule has 0 spiro atoms. The maximum Gasteiger partial charge on any atom is 0.146 e. The third-order valence-corrected chi connectivity index (χ3v) is 3.72. The normalized spacial score (nSPS) is 16.4. The van der Waals surface area contributed by atoms with Crippen LogP contribution in [0.3, 0.4) is 0 Å². The maximum atomic E-state index is 13.8. The van der Waals surface area contributed by atoms with Crippen LogP contribution in [0.2, 0.25) is 0 Å². The molecule has 1 aromatic carbocycles. The Morgan fingerprint density at radius 3 is 2.35 bits per heavy atom. The van der Waals surface area contributed by atoms with E-state index in [9.17, 15) is 4.39 Å². The Balaban J connectivity index is 1.59. The summed E-state index contributed by atoms with van der Waals surface area (Å²) < 4.78 is 13.8. The first kappa shape index (κ1) is 13.1. The van der Waals surface area contributed by atoms with Crippen molar-refractivity contribution in [1.29, 1.82) is 0 Å². The van der Waals surface area contributed by atoms with Crippen LogP contribution in [0.15, 0.2) is 48.8 Å². The number of anilines is 1. The molecule has 0 radical (unpaired) electrons. The molecule has 1 fully saturated rings. The van der Waals surface area contributed by atoms with E-state index in [4.69, 9.17) is 0 Å². The Morgan fingerprint density at radius 1 is 0.950 bits per heavy atom. The SMILES string of the molecule is Fc1ccccc1N1CCN(Cc2ccncc2)CC1. The van der Waals surface area contributed by atoms with E-state index >= 15 is 0 Å². The van der Waals surface area contributed by atoms with Gasteiger partial charge < -0.3 is 4.90 Å². The van der Waals surface area contributed by atoms with E-state index in [1.807, 2.05) is 36.7 Å². The number of para-hydroxylation sites is 1. The molecule has 1 saturated heterocycles. The summed E-state index contributed by atoms with van der Waals surface area (Å²) in [6.45, 7) is 4.58. The molecule has 0 bridgehead atoms. The molecule has 0 amide bonds. The van der Waals surface area contributed by atoms with Crippen molar-refractivity contribution in [1.82, 2.24) is 9.88 Å². The van der Waals surface area contributed by atoms with Gasteiger partial charge in [0.2, 0.25) is 0 Å². The van der Waals surface area contributed by atoms with Gasteiger partial charge in [0, 0.05) is 45.1 Å². The van der Waals surface area contributed by atoms with E-state index in [2.05, 4.69) is 14.8 Å². The van der Waals surface area contributed by atoms with Gasteiger partial charge in [-0.2, -0.15) is 0 Å². The topological polar surface area (TPSA) is 19.4 Å². The average Bonchev–Trinajstić information content (AvgIpc) is 2.50. The molecular weight excluding hydrogens is 253 g/mol. The summed E-state index contributed by atoms with van der Waals surface area (Å²) in [6.07, 6.45) is 3.65. The molecule has 1 aromatic heterocycles. The fraction of sp³-hybridized carbons (Fsp3) is 0.312. The molecule has 3 nitrogen and oxygen atoms in total. The minimum atomic E-state index is -0.130. The van der Waals surface area contributed by atoms with Gasteiger partial charge in [-0.3, -0.25) is 9.88 Å². The van der Waals surface area contributed by atoms with Crippen LogP contribution in [0.4, 0.5) is 10.1 Å². The maximum absolute atomic E-state index is 13.8. The molecule has 20 heavy (non-hydrogen) atoms. The van der Waals surface area contributed by atoms with Crippen LogP contribution in [0.5, 0.6) is 0 Å². The molecule has 3 rings (SSSR count).